The summed E-state index contributed by atoms with van der Waals surface area (Å²) in [4.78, 5) is 4.47. The van der Waals surface area contributed by atoms with Gasteiger partial charge in [0.15, 0.2) is 0 Å². The lowest BCUT2D eigenvalue weighted by Gasteiger charge is -2.10. The molecule has 0 fully saturated rings. The monoisotopic (exact) mass is 297 g/mol. The van der Waals surface area contributed by atoms with Crippen LogP contribution in [0, 0.1) is 0 Å². The number of anilines is 2. The number of thiocarbonyl (C=S) groups is 1. The first-order valence-corrected chi connectivity index (χ1v) is 6.21. The molecule has 0 saturated heterocycles. The molecule has 1 aromatic heterocycles. The summed E-state index contributed by atoms with van der Waals surface area (Å²) in [6.07, 6.45) is 1.61. The maximum atomic E-state index is 6.06. The van der Waals surface area contributed by atoms with Gasteiger partial charge in [-0.05, 0) is 24.3 Å². The minimum atomic E-state index is 0.311. The molecule has 0 aliphatic rings. The van der Waals surface area contributed by atoms with Crippen LogP contribution in [0.1, 0.15) is 5.56 Å². The van der Waals surface area contributed by atoms with Crippen molar-refractivity contribution in [1.82, 2.24) is 4.98 Å². The van der Waals surface area contributed by atoms with E-state index in [1.54, 1.807) is 36.5 Å². The van der Waals surface area contributed by atoms with Crippen LogP contribution in [0.4, 0.5) is 11.5 Å². The predicted molar refractivity (Wildman–Crippen MR) is 79.9 cm³/mol. The molecule has 0 aliphatic carbocycles. The highest BCUT2D eigenvalue weighted by atomic mass is 35.5. The average molecular weight is 298 g/mol. The Morgan fingerprint density at radius 3 is 2.50 bits per heavy atom. The van der Waals surface area contributed by atoms with Gasteiger partial charge in [0.1, 0.15) is 10.8 Å². The average Bonchev–Trinajstić information content (AvgIpc) is 2.34. The molecule has 0 aliphatic heterocycles. The zero-order chi connectivity index (χ0) is 13.1. The van der Waals surface area contributed by atoms with Crippen LogP contribution < -0.4 is 11.1 Å². The lowest BCUT2D eigenvalue weighted by molar-refractivity contribution is 1.30. The summed E-state index contributed by atoms with van der Waals surface area (Å²) in [5.74, 6) is 0.579. The van der Waals surface area contributed by atoms with E-state index in [0.717, 1.165) is 5.56 Å². The molecule has 6 heteroatoms. The van der Waals surface area contributed by atoms with E-state index in [0.29, 0.717) is 26.5 Å². The van der Waals surface area contributed by atoms with Gasteiger partial charge in [0, 0.05) is 11.8 Å². The first-order valence-electron chi connectivity index (χ1n) is 5.05. The van der Waals surface area contributed by atoms with Crippen LogP contribution in [-0.2, 0) is 0 Å². The highest BCUT2D eigenvalue weighted by molar-refractivity contribution is 7.80. The van der Waals surface area contributed by atoms with Crippen molar-refractivity contribution < 1.29 is 0 Å². The second-order valence-corrected chi connectivity index (χ2v) is 4.77. The lowest BCUT2D eigenvalue weighted by Crippen LogP contribution is -2.09. The van der Waals surface area contributed by atoms with Crippen molar-refractivity contribution in [1.29, 1.82) is 0 Å². The molecule has 3 nitrogen and oxygen atoms in total. The third-order valence-electron chi connectivity index (χ3n) is 2.26. The molecular formula is C12H9Cl2N3S. The smallest absolute Gasteiger partial charge is 0.131 e. The molecule has 0 spiro atoms. The van der Waals surface area contributed by atoms with E-state index in [4.69, 9.17) is 41.2 Å². The molecule has 18 heavy (non-hydrogen) atoms. The van der Waals surface area contributed by atoms with Crippen LogP contribution in [0.2, 0.25) is 10.0 Å². The number of benzene rings is 1. The van der Waals surface area contributed by atoms with Crippen molar-refractivity contribution in [2.75, 3.05) is 5.32 Å². The molecule has 92 valence electrons. The number of halogens is 2. The number of nitrogens with two attached hydrogens (primary N) is 1. The summed E-state index contributed by atoms with van der Waals surface area (Å²) < 4.78 is 0. The van der Waals surface area contributed by atoms with Gasteiger partial charge in [-0.1, -0.05) is 41.5 Å². The van der Waals surface area contributed by atoms with Gasteiger partial charge in [0.05, 0.1) is 15.7 Å². The van der Waals surface area contributed by atoms with Crippen LogP contribution in [-0.4, -0.2) is 9.97 Å². The van der Waals surface area contributed by atoms with E-state index < -0.39 is 0 Å². The van der Waals surface area contributed by atoms with Crippen molar-refractivity contribution in [2.24, 2.45) is 5.73 Å². The molecule has 0 amide bonds. The number of rotatable bonds is 3. The lowest BCUT2D eigenvalue weighted by atomic mass is 10.2. The van der Waals surface area contributed by atoms with E-state index in [1.807, 2.05) is 0 Å². The molecule has 2 rings (SSSR count). The largest absolute Gasteiger partial charge is 0.389 e. The highest BCUT2D eigenvalue weighted by Crippen LogP contribution is 2.31. The summed E-state index contributed by atoms with van der Waals surface area (Å²) in [5.41, 5.74) is 6.89. The molecule has 1 aromatic carbocycles. The minimum Gasteiger partial charge on any atom is -0.389 e. The number of hydrogen-bond acceptors (Lipinski definition) is 3. The fourth-order valence-electron chi connectivity index (χ4n) is 1.40. The summed E-state index contributed by atoms with van der Waals surface area (Å²) in [6, 6.07) is 8.73. The maximum Gasteiger partial charge on any atom is 0.131 e. The Morgan fingerprint density at radius 2 is 1.89 bits per heavy atom. The Hall–Kier alpha value is -1.36. The number of hydrogen-bond donors (Lipinski definition) is 2. The highest BCUT2D eigenvalue weighted by Gasteiger charge is 2.07. The molecule has 0 atom stereocenters. The van der Waals surface area contributed by atoms with Gasteiger partial charge >= 0.3 is 0 Å². The standard InChI is InChI=1S/C12H9Cl2N3S/c13-8-2-1-3-9(14)11(8)17-10-6-7(12(15)18)4-5-16-10/h1-6H,(H2,15,18)(H,16,17). The van der Waals surface area contributed by atoms with Crippen LogP contribution in [0.15, 0.2) is 36.5 Å². The molecule has 0 radical (unpaired) electrons. The van der Waals surface area contributed by atoms with Crippen molar-refractivity contribution >= 4 is 51.9 Å². The van der Waals surface area contributed by atoms with Gasteiger partial charge in [-0.25, -0.2) is 4.98 Å². The zero-order valence-corrected chi connectivity index (χ0v) is 11.5. The number of nitrogens with zero attached hydrogens (tertiary/aromatic N) is 1. The first-order chi connectivity index (χ1) is 8.58. The van der Waals surface area contributed by atoms with Gasteiger partial charge in [-0.3, -0.25) is 0 Å². The van der Waals surface area contributed by atoms with E-state index in [-0.39, 0.29) is 0 Å². The molecule has 1 heterocycles. The Bertz CT molecular complexity index is 581. The summed E-state index contributed by atoms with van der Waals surface area (Å²) in [7, 11) is 0. The Balaban J connectivity index is 2.34. The predicted octanol–water partition coefficient (Wildman–Crippen LogP) is 3.77. The van der Waals surface area contributed by atoms with E-state index in [1.165, 1.54) is 0 Å². The Morgan fingerprint density at radius 1 is 1.22 bits per heavy atom. The molecule has 0 bridgehead atoms. The molecular weight excluding hydrogens is 289 g/mol. The summed E-state index contributed by atoms with van der Waals surface area (Å²) in [6.45, 7) is 0. The second-order valence-electron chi connectivity index (χ2n) is 3.52. The summed E-state index contributed by atoms with van der Waals surface area (Å²) >= 11 is 17.0. The normalized spacial score (nSPS) is 10.1. The Labute approximate surface area is 120 Å². The van der Waals surface area contributed by atoms with Crippen LogP contribution in [0.25, 0.3) is 0 Å². The van der Waals surface area contributed by atoms with Crippen molar-refractivity contribution in [3.8, 4) is 0 Å². The quantitative estimate of drug-likeness (QED) is 0.847. The third-order valence-corrected chi connectivity index (χ3v) is 3.13. The van der Waals surface area contributed by atoms with Gasteiger partial charge in [0.25, 0.3) is 0 Å². The van der Waals surface area contributed by atoms with Gasteiger partial charge in [-0.15, -0.1) is 0 Å². The van der Waals surface area contributed by atoms with E-state index in [2.05, 4.69) is 10.3 Å². The maximum absolute atomic E-state index is 6.06. The van der Waals surface area contributed by atoms with Gasteiger partial charge in [0.2, 0.25) is 0 Å². The van der Waals surface area contributed by atoms with Crippen LogP contribution in [0.3, 0.4) is 0 Å². The number of para-hydroxylation sites is 1. The number of aromatic nitrogens is 1. The molecule has 0 unspecified atom stereocenters. The zero-order valence-electron chi connectivity index (χ0n) is 9.15. The SMILES string of the molecule is NC(=S)c1ccnc(Nc2c(Cl)cccc2Cl)c1. The fourth-order valence-corrected chi connectivity index (χ4v) is 2.02. The first kappa shape index (κ1) is 13.1. The van der Waals surface area contributed by atoms with Crippen LogP contribution in [0.5, 0.6) is 0 Å². The summed E-state index contributed by atoms with van der Waals surface area (Å²) in [5, 5.41) is 4.08. The molecule has 0 saturated carbocycles. The van der Waals surface area contributed by atoms with E-state index >= 15 is 0 Å². The molecule has 2 aromatic rings. The topological polar surface area (TPSA) is 50.9 Å². The number of nitrogens with one attached hydrogen (secondary N) is 1. The van der Waals surface area contributed by atoms with Crippen LogP contribution >= 0.6 is 35.4 Å². The minimum absolute atomic E-state index is 0.311. The Kier molecular flexibility index (Phi) is 4.01. The van der Waals surface area contributed by atoms with Crippen molar-refractivity contribution in [3.63, 3.8) is 0 Å². The fraction of sp³-hybridized carbons (Fsp3) is 0. The van der Waals surface area contributed by atoms with Crippen molar-refractivity contribution in [3.05, 3.63) is 52.1 Å². The van der Waals surface area contributed by atoms with Crippen molar-refractivity contribution in [2.45, 2.75) is 0 Å². The van der Waals surface area contributed by atoms with Gasteiger partial charge < -0.3 is 11.1 Å². The third kappa shape index (κ3) is 2.90. The van der Waals surface area contributed by atoms with E-state index in [9.17, 15) is 0 Å². The second kappa shape index (κ2) is 5.52. The molecule has 3 N–H and O–H groups in total. The number of pyridine rings is 1. The van der Waals surface area contributed by atoms with Gasteiger partial charge in [-0.2, -0.15) is 0 Å².